The minimum Gasteiger partial charge on any atom is -0.207 e. The predicted octanol–water partition coefficient (Wildman–Crippen LogP) is 4.07. The predicted molar refractivity (Wildman–Crippen MR) is 83.4 cm³/mol. The summed E-state index contributed by atoms with van der Waals surface area (Å²) in [6.45, 7) is 3.56. The smallest absolute Gasteiger partial charge is 0.207 e. The van der Waals surface area contributed by atoms with E-state index in [9.17, 15) is 8.42 Å². The Bertz CT molecular complexity index is 618. The first-order chi connectivity index (χ1) is 9.21. The molecule has 1 aromatic carbocycles. The fourth-order valence-corrected chi connectivity index (χ4v) is 5.23. The van der Waals surface area contributed by atoms with Crippen LogP contribution in [0.1, 0.15) is 20.3 Å². The number of hydrogen-bond acceptors (Lipinski definition) is 3. The first-order valence-electron chi connectivity index (χ1n) is 5.75. The Labute approximate surface area is 137 Å². The number of nitriles is 1. The third-order valence-corrected chi connectivity index (χ3v) is 6.01. The van der Waals surface area contributed by atoms with Crippen molar-refractivity contribution >= 4 is 49.2 Å². The Morgan fingerprint density at radius 3 is 2.25 bits per heavy atom. The SMILES string of the molecule is CC(C)N(CCC#N)S(=O)(=O)c1c(Cl)cc(Br)cc1Cl. The van der Waals surface area contributed by atoms with Gasteiger partial charge in [0.15, 0.2) is 0 Å². The molecule has 0 N–H and O–H groups in total. The molecule has 4 nitrogen and oxygen atoms in total. The summed E-state index contributed by atoms with van der Waals surface area (Å²) in [5, 5.41) is 8.75. The number of rotatable bonds is 5. The lowest BCUT2D eigenvalue weighted by Crippen LogP contribution is -2.37. The van der Waals surface area contributed by atoms with Crippen LogP contribution in [0.2, 0.25) is 10.0 Å². The zero-order valence-corrected chi connectivity index (χ0v) is 14.8. The van der Waals surface area contributed by atoms with Crippen molar-refractivity contribution in [2.24, 2.45) is 0 Å². The number of nitrogens with zero attached hydrogens (tertiary/aromatic N) is 2. The monoisotopic (exact) mass is 398 g/mol. The zero-order chi connectivity index (χ0) is 15.5. The summed E-state index contributed by atoms with van der Waals surface area (Å²) in [6.07, 6.45) is 0.100. The molecule has 0 saturated carbocycles. The highest BCUT2D eigenvalue weighted by Gasteiger charge is 2.31. The van der Waals surface area contributed by atoms with E-state index >= 15 is 0 Å². The molecule has 8 heteroatoms. The summed E-state index contributed by atoms with van der Waals surface area (Å²) in [7, 11) is -3.85. The van der Waals surface area contributed by atoms with Crippen LogP contribution >= 0.6 is 39.1 Å². The third kappa shape index (κ3) is 3.86. The molecular weight excluding hydrogens is 387 g/mol. The fraction of sp³-hybridized carbons (Fsp3) is 0.417. The van der Waals surface area contributed by atoms with Gasteiger partial charge in [-0.2, -0.15) is 9.57 Å². The van der Waals surface area contributed by atoms with Gasteiger partial charge >= 0.3 is 0 Å². The molecule has 0 bridgehead atoms. The largest absolute Gasteiger partial charge is 0.246 e. The highest BCUT2D eigenvalue weighted by molar-refractivity contribution is 9.10. The molecule has 20 heavy (non-hydrogen) atoms. The third-order valence-electron chi connectivity index (χ3n) is 2.55. The molecule has 0 aromatic heterocycles. The van der Waals surface area contributed by atoms with Crippen molar-refractivity contribution in [3.63, 3.8) is 0 Å². The molecule has 0 aliphatic rings. The Hall–Kier alpha value is -0.320. The van der Waals surface area contributed by atoms with Gasteiger partial charge in [0.05, 0.1) is 16.1 Å². The van der Waals surface area contributed by atoms with Gasteiger partial charge in [-0.05, 0) is 26.0 Å². The van der Waals surface area contributed by atoms with Gasteiger partial charge in [-0.1, -0.05) is 39.1 Å². The minimum absolute atomic E-state index is 0.0481. The van der Waals surface area contributed by atoms with Crippen molar-refractivity contribution in [2.75, 3.05) is 6.54 Å². The Morgan fingerprint density at radius 1 is 1.35 bits per heavy atom. The van der Waals surface area contributed by atoms with Crippen molar-refractivity contribution in [2.45, 2.75) is 31.2 Å². The van der Waals surface area contributed by atoms with Gasteiger partial charge in [0.25, 0.3) is 0 Å². The standard InChI is InChI=1S/C12H13BrCl2N2O2S/c1-8(2)17(5-3-4-16)20(18,19)12-10(14)6-9(13)7-11(12)15/h6-8H,3,5H2,1-2H3. The van der Waals surface area contributed by atoms with Crippen molar-refractivity contribution in [3.05, 3.63) is 26.7 Å². The Balaban J connectivity index is 3.38. The van der Waals surface area contributed by atoms with Gasteiger partial charge in [0.1, 0.15) is 4.90 Å². The highest BCUT2D eigenvalue weighted by atomic mass is 79.9. The molecule has 0 unspecified atom stereocenters. The molecule has 1 rings (SSSR count). The van der Waals surface area contributed by atoms with Gasteiger partial charge in [0.2, 0.25) is 10.0 Å². The van der Waals surface area contributed by atoms with E-state index in [1.54, 1.807) is 13.8 Å². The molecule has 0 aliphatic carbocycles. The average molecular weight is 400 g/mol. The lowest BCUT2D eigenvalue weighted by molar-refractivity contribution is 0.360. The maximum absolute atomic E-state index is 12.7. The Kier molecular flexibility index (Phi) is 6.29. The lowest BCUT2D eigenvalue weighted by Gasteiger charge is -2.26. The molecular formula is C12H13BrCl2N2O2S. The van der Waals surface area contributed by atoms with E-state index in [0.717, 1.165) is 0 Å². The Morgan fingerprint density at radius 2 is 1.85 bits per heavy atom. The fourth-order valence-electron chi connectivity index (χ4n) is 1.71. The highest BCUT2D eigenvalue weighted by Crippen LogP contribution is 2.35. The second-order valence-corrected chi connectivity index (χ2v) is 7.87. The van der Waals surface area contributed by atoms with Gasteiger partial charge in [-0.25, -0.2) is 8.42 Å². The summed E-state index contributed by atoms with van der Waals surface area (Å²) in [5.41, 5.74) is 0. The van der Waals surface area contributed by atoms with Gasteiger partial charge in [0, 0.05) is 23.5 Å². The van der Waals surface area contributed by atoms with E-state index in [4.69, 9.17) is 28.5 Å². The van der Waals surface area contributed by atoms with Crippen molar-refractivity contribution < 1.29 is 8.42 Å². The molecule has 0 spiro atoms. The maximum atomic E-state index is 12.7. The summed E-state index contributed by atoms with van der Waals surface area (Å²) in [6, 6.07) is 4.58. The lowest BCUT2D eigenvalue weighted by atomic mass is 10.3. The van der Waals surface area contributed by atoms with E-state index in [1.165, 1.54) is 16.4 Å². The molecule has 0 heterocycles. The van der Waals surface area contributed by atoms with E-state index in [0.29, 0.717) is 4.47 Å². The number of benzene rings is 1. The van der Waals surface area contributed by atoms with E-state index in [-0.39, 0.29) is 33.9 Å². The van der Waals surface area contributed by atoms with E-state index in [1.807, 2.05) is 6.07 Å². The summed E-state index contributed by atoms with van der Waals surface area (Å²) < 4.78 is 27.1. The summed E-state index contributed by atoms with van der Waals surface area (Å²) in [5.74, 6) is 0. The van der Waals surface area contributed by atoms with Crippen LogP contribution in [-0.2, 0) is 10.0 Å². The second kappa shape index (κ2) is 7.10. The first kappa shape index (κ1) is 17.7. The van der Waals surface area contributed by atoms with E-state index < -0.39 is 10.0 Å². The van der Waals surface area contributed by atoms with Crippen LogP contribution in [0.3, 0.4) is 0 Å². The first-order valence-corrected chi connectivity index (χ1v) is 8.74. The topological polar surface area (TPSA) is 61.2 Å². The van der Waals surface area contributed by atoms with Crippen molar-refractivity contribution in [1.82, 2.24) is 4.31 Å². The molecule has 110 valence electrons. The quantitative estimate of drug-likeness (QED) is 0.749. The number of hydrogen-bond donors (Lipinski definition) is 0. The number of sulfonamides is 1. The van der Waals surface area contributed by atoms with Crippen LogP contribution in [0.15, 0.2) is 21.5 Å². The van der Waals surface area contributed by atoms with Crippen LogP contribution in [0, 0.1) is 11.3 Å². The van der Waals surface area contributed by atoms with Crippen LogP contribution in [-0.4, -0.2) is 25.3 Å². The molecule has 0 saturated heterocycles. The minimum atomic E-state index is -3.85. The molecule has 0 aliphatic heterocycles. The molecule has 0 amide bonds. The molecule has 0 fully saturated rings. The van der Waals surface area contributed by atoms with Crippen molar-refractivity contribution in [1.29, 1.82) is 5.26 Å². The van der Waals surface area contributed by atoms with Crippen LogP contribution in [0.5, 0.6) is 0 Å². The zero-order valence-electron chi connectivity index (χ0n) is 10.9. The normalized spacial score (nSPS) is 11.9. The summed E-state index contributed by atoms with van der Waals surface area (Å²) in [4.78, 5) is -0.129. The van der Waals surface area contributed by atoms with Crippen LogP contribution < -0.4 is 0 Å². The molecule has 1 aromatic rings. The second-order valence-electron chi connectivity index (χ2n) is 4.32. The maximum Gasteiger partial charge on any atom is 0.246 e. The van der Waals surface area contributed by atoms with Gasteiger partial charge < -0.3 is 0 Å². The number of halogens is 3. The molecule has 0 atom stereocenters. The van der Waals surface area contributed by atoms with Crippen molar-refractivity contribution in [3.8, 4) is 6.07 Å². The van der Waals surface area contributed by atoms with Crippen LogP contribution in [0.25, 0.3) is 0 Å². The molecule has 0 radical (unpaired) electrons. The van der Waals surface area contributed by atoms with Crippen LogP contribution in [0.4, 0.5) is 0 Å². The van der Waals surface area contributed by atoms with Gasteiger partial charge in [-0.3, -0.25) is 0 Å². The average Bonchev–Trinajstić information content (AvgIpc) is 2.26. The van der Waals surface area contributed by atoms with Gasteiger partial charge in [-0.15, -0.1) is 0 Å². The van der Waals surface area contributed by atoms with E-state index in [2.05, 4.69) is 15.9 Å². The summed E-state index contributed by atoms with van der Waals surface area (Å²) >= 11 is 15.2.